The molecule has 25 heavy (non-hydrogen) atoms. The Balaban J connectivity index is 2.01. The highest BCUT2D eigenvalue weighted by Crippen LogP contribution is 2.35. The molecule has 0 spiro atoms. The van der Waals surface area contributed by atoms with Crippen molar-refractivity contribution in [2.24, 2.45) is 0 Å². The minimum Gasteiger partial charge on any atom is -0.0614 e. The average molecular weight is 322 g/mol. The fourth-order valence-electron chi connectivity index (χ4n) is 3.43. The van der Waals surface area contributed by atoms with Gasteiger partial charge in [0, 0.05) is 0 Å². The van der Waals surface area contributed by atoms with Crippen LogP contribution in [0.25, 0.3) is 33.0 Å². The van der Waals surface area contributed by atoms with E-state index in [1.807, 2.05) is 0 Å². The molecule has 122 valence electrons. The van der Waals surface area contributed by atoms with Crippen molar-refractivity contribution in [1.82, 2.24) is 0 Å². The van der Waals surface area contributed by atoms with Gasteiger partial charge in [-0.25, -0.2) is 0 Å². The summed E-state index contributed by atoms with van der Waals surface area (Å²) in [5.74, 6) is 0. The predicted molar refractivity (Wildman–Crippen MR) is 109 cm³/mol. The molecule has 0 aromatic heterocycles. The van der Waals surface area contributed by atoms with Crippen molar-refractivity contribution in [3.05, 3.63) is 95.6 Å². The number of rotatable bonds is 2. The molecule has 0 saturated carbocycles. The van der Waals surface area contributed by atoms with Crippen molar-refractivity contribution < 1.29 is 0 Å². The summed E-state index contributed by atoms with van der Waals surface area (Å²) in [6.45, 7) is 6.44. The smallest absolute Gasteiger partial charge is 0.00991 e. The molecule has 0 saturated heterocycles. The maximum absolute atomic E-state index is 2.33. The minimum absolute atomic E-state index is 1.27. The molecule has 0 aliphatic rings. The molecule has 0 heterocycles. The van der Waals surface area contributed by atoms with Crippen molar-refractivity contribution >= 4 is 10.8 Å². The molecule has 0 bridgehead atoms. The van der Waals surface area contributed by atoms with E-state index in [0.717, 1.165) is 0 Å². The summed E-state index contributed by atoms with van der Waals surface area (Å²) in [5, 5.41) is 2.61. The fraction of sp³-hybridized carbons (Fsp3) is 0.120. The van der Waals surface area contributed by atoms with Gasteiger partial charge < -0.3 is 0 Å². The zero-order valence-corrected chi connectivity index (χ0v) is 15.0. The summed E-state index contributed by atoms with van der Waals surface area (Å²) in [6, 6.07) is 28.9. The molecule has 0 amide bonds. The lowest BCUT2D eigenvalue weighted by atomic mass is 9.91. The molecule has 0 atom stereocenters. The van der Waals surface area contributed by atoms with Crippen LogP contribution >= 0.6 is 0 Å². The predicted octanol–water partition coefficient (Wildman–Crippen LogP) is 7.10. The zero-order chi connectivity index (χ0) is 17.4. The first kappa shape index (κ1) is 15.7. The minimum atomic E-state index is 1.27. The van der Waals surface area contributed by atoms with E-state index < -0.39 is 0 Å². The van der Waals surface area contributed by atoms with Crippen LogP contribution in [-0.4, -0.2) is 0 Å². The average Bonchev–Trinajstić information content (AvgIpc) is 2.61. The van der Waals surface area contributed by atoms with Crippen molar-refractivity contribution in [2.75, 3.05) is 0 Å². The van der Waals surface area contributed by atoms with E-state index in [9.17, 15) is 0 Å². The zero-order valence-electron chi connectivity index (χ0n) is 15.0. The van der Waals surface area contributed by atoms with E-state index in [1.165, 1.54) is 49.7 Å². The fourth-order valence-corrected chi connectivity index (χ4v) is 3.43. The Bertz CT molecular complexity index is 1050. The molecule has 0 N–H and O–H groups in total. The van der Waals surface area contributed by atoms with Gasteiger partial charge in [-0.05, 0) is 65.9 Å². The van der Waals surface area contributed by atoms with Crippen LogP contribution in [0.15, 0.2) is 78.9 Å². The second-order valence-electron chi connectivity index (χ2n) is 6.98. The second kappa shape index (κ2) is 6.22. The standard InChI is InChI=1S/C25H22/c1-17-7-10-20(11-8-17)25-16-23(21-6-4-5-18(2)13-21)15-22-12-9-19(3)14-24(22)25/h4-16H,1-3H3. The summed E-state index contributed by atoms with van der Waals surface area (Å²) in [5.41, 5.74) is 9.00. The van der Waals surface area contributed by atoms with Crippen LogP contribution in [0.4, 0.5) is 0 Å². The molecular weight excluding hydrogens is 300 g/mol. The molecule has 4 aromatic carbocycles. The summed E-state index contributed by atoms with van der Waals surface area (Å²) < 4.78 is 0. The Morgan fingerprint density at radius 2 is 1.20 bits per heavy atom. The van der Waals surface area contributed by atoms with Crippen LogP contribution in [-0.2, 0) is 0 Å². The third kappa shape index (κ3) is 3.08. The van der Waals surface area contributed by atoms with E-state index in [-0.39, 0.29) is 0 Å². The molecule has 0 aliphatic heterocycles. The summed E-state index contributed by atoms with van der Waals surface area (Å²) >= 11 is 0. The van der Waals surface area contributed by atoms with Gasteiger partial charge >= 0.3 is 0 Å². The van der Waals surface area contributed by atoms with Crippen LogP contribution < -0.4 is 0 Å². The van der Waals surface area contributed by atoms with Gasteiger partial charge in [0.25, 0.3) is 0 Å². The maximum atomic E-state index is 2.33. The highest BCUT2D eigenvalue weighted by molar-refractivity contribution is 6.00. The number of aryl methyl sites for hydroxylation is 3. The first-order valence-electron chi connectivity index (χ1n) is 8.79. The van der Waals surface area contributed by atoms with Gasteiger partial charge in [0.05, 0.1) is 0 Å². The highest BCUT2D eigenvalue weighted by Gasteiger charge is 2.09. The monoisotopic (exact) mass is 322 g/mol. The number of benzene rings is 4. The molecule has 0 radical (unpaired) electrons. The first-order valence-corrected chi connectivity index (χ1v) is 8.79. The van der Waals surface area contributed by atoms with Gasteiger partial charge in [-0.1, -0.05) is 83.4 Å². The molecular formula is C25H22. The van der Waals surface area contributed by atoms with E-state index in [2.05, 4.69) is 99.6 Å². The van der Waals surface area contributed by atoms with Crippen LogP contribution in [0.1, 0.15) is 16.7 Å². The summed E-state index contributed by atoms with van der Waals surface area (Å²) in [6.07, 6.45) is 0. The van der Waals surface area contributed by atoms with Gasteiger partial charge in [0.15, 0.2) is 0 Å². The van der Waals surface area contributed by atoms with Crippen LogP contribution in [0, 0.1) is 20.8 Å². The Morgan fingerprint density at radius 3 is 1.96 bits per heavy atom. The largest absolute Gasteiger partial charge is 0.0614 e. The Morgan fingerprint density at radius 1 is 0.480 bits per heavy atom. The molecule has 0 heteroatoms. The molecule has 4 aromatic rings. The Labute approximate surface area is 149 Å². The van der Waals surface area contributed by atoms with E-state index in [0.29, 0.717) is 0 Å². The van der Waals surface area contributed by atoms with Gasteiger partial charge in [-0.3, -0.25) is 0 Å². The van der Waals surface area contributed by atoms with Crippen molar-refractivity contribution in [3.8, 4) is 22.3 Å². The third-order valence-electron chi connectivity index (χ3n) is 4.82. The number of hydrogen-bond donors (Lipinski definition) is 0. The van der Waals surface area contributed by atoms with Crippen molar-refractivity contribution in [1.29, 1.82) is 0 Å². The van der Waals surface area contributed by atoms with Crippen molar-refractivity contribution in [2.45, 2.75) is 20.8 Å². The number of fused-ring (bicyclic) bond motifs is 1. The summed E-state index contributed by atoms with van der Waals surface area (Å²) in [4.78, 5) is 0. The molecule has 0 unspecified atom stereocenters. The first-order chi connectivity index (χ1) is 12.1. The lowest BCUT2D eigenvalue weighted by Crippen LogP contribution is -1.87. The normalized spacial score (nSPS) is 11.0. The summed E-state index contributed by atoms with van der Waals surface area (Å²) in [7, 11) is 0. The van der Waals surface area contributed by atoms with Gasteiger partial charge in [-0.2, -0.15) is 0 Å². The lowest BCUT2D eigenvalue weighted by Gasteiger charge is -2.13. The SMILES string of the molecule is Cc1ccc(-c2cc(-c3cccc(C)c3)cc3ccc(C)cc23)cc1. The van der Waals surface area contributed by atoms with Crippen LogP contribution in [0.5, 0.6) is 0 Å². The van der Waals surface area contributed by atoms with Crippen LogP contribution in [0.3, 0.4) is 0 Å². The quantitative estimate of drug-likeness (QED) is 0.369. The maximum Gasteiger partial charge on any atom is -0.00991 e. The van der Waals surface area contributed by atoms with Gasteiger partial charge in [-0.15, -0.1) is 0 Å². The third-order valence-corrected chi connectivity index (χ3v) is 4.82. The van der Waals surface area contributed by atoms with Gasteiger partial charge in [0.1, 0.15) is 0 Å². The molecule has 0 aliphatic carbocycles. The lowest BCUT2D eigenvalue weighted by molar-refractivity contribution is 1.46. The second-order valence-corrected chi connectivity index (χ2v) is 6.98. The Kier molecular flexibility index (Phi) is 3.89. The Hall–Kier alpha value is -2.86. The molecule has 0 fully saturated rings. The van der Waals surface area contributed by atoms with Crippen molar-refractivity contribution in [3.63, 3.8) is 0 Å². The van der Waals surface area contributed by atoms with Gasteiger partial charge in [0.2, 0.25) is 0 Å². The molecule has 0 nitrogen and oxygen atoms in total. The number of hydrogen-bond acceptors (Lipinski definition) is 0. The van der Waals surface area contributed by atoms with Crippen LogP contribution in [0.2, 0.25) is 0 Å². The van der Waals surface area contributed by atoms with E-state index in [4.69, 9.17) is 0 Å². The highest BCUT2D eigenvalue weighted by atomic mass is 14.1. The molecule has 4 rings (SSSR count). The van der Waals surface area contributed by atoms with E-state index in [1.54, 1.807) is 0 Å². The van der Waals surface area contributed by atoms with E-state index >= 15 is 0 Å². The topological polar surface area (TPSA) is 0 Å².